The molecule has 1 heterocycles. The highest BCUT2D eigenvalue weighted by Crippen LogP contribution is 2.36. The number of benzene rings is 1. The van der Waals surface area contributed by atoms with Crippen LogP contribution in [0.2, 0.25) is 0 Å². The summed E-state index contributed by atoms with van der Waals surface area (Å²) in [5, 5.41) is 5.70. The fourth-order valence-electron chi connectivity index (χ4n) is 2.36. The lowest BCUT2D eigenvalue weighted by atomic mass is 10.1. The molecule has 1 aromatic rings. The van der Waals surface area contributed by atoms with Gasteiger partial charge in [0.25, 0.3) is 5.91 Å². The van der Waals surface area contributed by atoms with Gasteiger partial charge in [-0.25, -0.2) is 0 Å². The predicted octanol–water partition coefficient (Wildman–Crippen LogP) is 1.57. The second-order valence-electron chi connectivity index (χ2n) is 5.28. The van der Waals surface area contributed by atoms with E-state index in [0.29, 0.717) is 17.9 Å². The molecule has 1 aliphatic heterocycles. The molecule has 18 heavy (non-hydrogen) atoms. The Hall–Kier alpha value is -1.84. The molecule has 3 rings (SSSR count). The van der Waals surface area contributed by atoms with Gasteiger partial charge in [-0.2, -0.15) is 0 Å². The molecule has 0 aromatic heterocycles. The molecule has 1 saturated carbocycles. The lowest BCUT2D eigenvalue weighted by Crippen LogP contribution is -2.25. The Morgan fingerprint density at radius 1 is 1.50 bits per heavy atom. The van der Waals surface area contributed by atoms with Crippen LogP contribution >= 0.6 is 0 Å². The van der Waals surface area contributed by atoms with Crippen LogP contribution < -0.4 is 10.6 Å². The maximum Gasteiger partial charge on any atom is 0.251 e. The lowest BCUT2D eigenvalue weighted by Gasteiger charge is -2.06. The zero-order chi connectivity index (χ0) is 12.7. The van der Waals surface area contributed by atoms with Gasteiger partial charge in [-0.3, -0.25) is 9.59 Å². The van der Waals surface area contributed by atoms with Crippen LogP contribution in [0.15, 0.2) is 18.2 Å². The van der Waals surface area contributed by atoms with E-state index < -0.39 is 0 Å². The Morgan fingerprint density at radius 3 is 3.00 bits per heavy atom. The van der Waals surface area contributed by atoms with Gasteiger partial charge in [0, 0.05) is 17.8 Å². The minimum atomic E-state index is -0.0574. The summed E-state index contributed by atoms with van der Waals surface area (Å²) in [5.41, 5.74) is 2.35. The van der Waals surface area contributed by atoms with Gasteiger partial charge in [0.1, 0.15) is 0 Å². The molecule has 2 N–H and O–H groups in total. The minimum absolute atomic E-state index is 0.00522. The molecule has 2 atom stereocenters. The third kappa shape index (κ3) is 2.10. The summed E-state index contributed by atoms with van der Waals surface area (Å²) in [6, 6.07) is 5.39. The molecule has 0 spiro atoms. The quantitative estimate of drug-likeness (QED) is 0.848. The molecule has 2 aliphatic rings. The number of carbonyl (C=O) groups is 2. The van der Waals surface area contributed by atoms with Crippen LogP contribution in [0, 0.1) is 11.8 Å². The number of hydrogen-bond donors (Lipinski definition) is 2. The smallest absolute Gasteiger partial charge is 0.251 e. The fourth-order valence-corrected chi connectivity index (χ4v) is 2.36. The molecular formula is C14H16N2O2. The largest absolute Gasteiger partial charge is 0.352 e. The van der Waals surface area contributed by atoms with Crippen molar-refractivity contribution in [1.82, 2.24) is 5.32 Å². The van der Waals surface area contributed by atoms with Crippen molar-refractivity contribution < 1.29 is 9.59 Å². The highest BCUT2D eigenvalue weighted by atomic mass is 16.2. The van der Waals surface area contributed by atoms with Crippen LogP contribution in [0.1, 0.15) is 29.3 Å². The van der Waals surface area contributed by atoms with Gasteiger partial charge in [-0.1, -0.05) is 13.0 Å². The number of rotatable bonds is 3. The van der Waals surface area contributed by atoms with Crippen molar-refractivity contribution in [2.24, 2.45) is 11.8 Å². The molecule has 1 aliphatic carbocycles. The third-order valence-corrected chi connectivity index (χ3v) is 3.80. The second kappa shape index (κ2) is 4.12. The molecule has 4 nitrogen and oxygen atoms in total. The maximum absolute atomic E-state index is 11.9. The van der Waals surface area contributed by atoms with Crippen molar-refractivity contribution in [3.63, 3.8) is 0 Å². The molecule has 94 valence electrons. The number of carbonyl (C=O) groups excluding carboxylic acids is 2. The van der Waals surface area contributed by atoms with Gasteiger partial charge in [-0.05, 0) is 36.0 Å². The highest BCUT2D eigenvalue weighted by molar-refractivity contribution is 6.02. The normalized spacial score (nSPS) is 24.4. The average Bonchev–Trinajstić information content (AvgIpc) is 2.91. The first-order valence-electron chi connectivity index (χ1n) is 6.34. The standard InChI is InChI=1S/C14H16N2O2/c1-8-4-11(8)7-15-14(18)10-3-2-9-6-13(17)16-12(9)5-10/h2-3,5,8,11H,4,6-7H2,1H3,(H,15,18)(H,16,17). The Morgan fingerprint density at radius 2 is 2.28 bits per heavy atom. The van der Waals surface area contributed by atoms with Crippen LogP contribution in [-0.4, -0.2) is 18.4 Å². The van der Waals surface area contributed by atoms with Crippen molar-refractivity contribution in [2.45, 2.75) is 19.8 Å². The van der Waals surface area contributed by atoms with E-state index in [0.717, 1.165) is 23.7 Å². The van der Waals surface area contributed by atoms with Crippen molar-refractivity contribution in [2.75, 3.05) is 11.9 Å². The molecule has 4 heteroatoms. The molecule has 0 radical (unpaired) electrons. The Bertz CT molecular complexity index is 525. The van der Waals surface area contributed by atoms with Gasteiger partial charge in [0.15, 0.2) is 0 Å². The highest BCUT2D eigenvalue weighted by Gasteiger charge is 2.32. The number of nitrogens with one attached hydrogen (secondary N) is 2. The van der Waals surface area contributed by atoms with Gasteiger partial charge in [0.05, 0.1) is 6.42 Å². The molecule has 0 saturated heterocycles. The summed E-state index contributed by atoms with van der Waals surface area (Å²) in [5.74, 6) is 1.32. The summed E-state index contributed by atoms with van der Waals surface area (Å²) in [4.78, 5) is 23.2. The van der Waals surface area contributed by atoms with E-state index in [9.17, 15) is 9.59 Å². The van der Waals surface area contributed by atoms with Crippen LogP contribution in [0.25, 0.3) is 0 Å². The third-order valence-electron chi connectivity index (χ3n) is 3.80. The fraction of sp³-hybridized carbons (Fsp3) is 0.429. The molecular weight excluding hydrogens is 228 g/mol. The van der Waals surface area contributed by atoms with Crippen molar-refractivity contribution >= 4 is 17.5 Å². The first-order valence-corrected chi connectivity index (χ1v) is 6.34. The lowest BCUT2D eigenvalue weighted by molar-refractivity contribution is -0.115. The SMILES string of the molecule is CC1CC1CNC(=O)c1ccc2c(c1)NC(=O)C2. The molecule has 0 bridgehead atoms. The van der Waals surface area contributed by atoms with Gasteiger partial charge >= 0.3 is 0 Å². The van der Waals surface area contributed by atoms with Gasteiger partial charge < -0.3 is 10.6 Å². The number of amides is 2. The predicted molar refractivity (Wildman–Crippen MR) is 68.4 cm³/mol. The van der Waals surface area contributed by atoms with E-state index in [-0.39, 0.29) is 11.8 Å². The molecule has 1 aromatic carbocycles. The van der Waals surface area contributed by atoms with E-state index in [1.54, 1.807) is 12.1 Å². The van der Waals surface area contributed by atoms with E-state index >= 15 is 0 Å². The average molecular weight is 244 g/mol. The van der Waals surface area contributed by atoms with E-state index in [1.807, 2.05) is 6.07 Å². The molecule has 1 fully saturated rings. The van der Waals surface area contributed by atoms with Crippen molar-refractivity contribution in [3.8, 4) is 0 Å². The van der Waals surface area contributed by atoms with E-state index in [4.69, 9.17) is 0 Å². The van der Waals surface area contributed by atoms with E-state index in [1.165, 1.54) is 6.42 Å². The first-order chi connectivity index (χ1) is 8.63. The first kappa shape index (κ1) is 11.3. The summed E-state index contributed by atoms with van der Waals surface area (Å²) in [6.07, 6.45) is 1.62. The summed E-state index contributed by atoms with van der Waals surface area (Å²) >= 11 is 0. The maximum atomic E-state index is 11.9. The zero-order valence-corrected chi connectivity index (χ0v) is 10.3. The minimum Gasteiger partial charge on any atom is -0.352 e. The number of hydrogen-bond acceptors (Lipinski definition) is 2. The number of fused-ring (bicyclic) bond motifs is 1. The van der Waals surface area contributed by atoms with Gasteiger partial charge in [0.2, 0.25) is 5.91 Å². The van der Waals surface area contributed by atoms with Crippen LogP contribution in [-0.2, 0) is 11.2 Å². The Kier molecular flexibility index (Phi) is 2.58. The summed E-state index contributed by atoms with van der Waals surface area (Å²) < 4.78 is 0. The van der Waals surface area contributed by atoms with Crippen LogP contribution in [0.5, 0.6) is 0 Å². The molecule has 2 amide bonds. The van der Waals surface area contributed by atoms with E-state index in [2.05, 4.69) is 17.6 Å². The topological polar surface area (TPSA) is 58.2 Å². The Balaban J connectivity index is 1.67. The summed E-state index contributed by atoms with van der Waals surface area (Å²) in [6.45, 7) is 2.95. The van der Waals surface area contributed by atoms with Crippen molar-refractivity contribution in [1.29, 1.82) is 0 Å². The zero-order valence-electron chi connectivity index (χ0n) is 10.3. The van der Waals surface area contributed by atoms with Gasteiger partial charge in [-0.15, -0.1) is 0 Å². The monoisotopic (exact) mass is 244 g/mol. The molecule has 2 unspecified atom stereocenters. The Labute approximate surface area is 106 Å². The summed E-state index contributed by atoms with van der Waals surface area (Å²) in [7, 11) is 0. The van der Waals surface area contributed by atoms with Crippen molar-refractivity contribution in [3.05, 3.63) is 29.3 Å². The second-order valence-corrected chi connectivity index (χ2v) is 5.28. The number of anilines is 1. The van der Waals surface area contributed by atoms with Crippen LogP contribution in [0.4, 0.5) is 5.69 Å². The van der Waals surface area contributed by atoms with Crippen LogP contribution in [0.3, 0.4) is 0 Å².